The number of halogens is 1. The fourth-order valence-electron chi connectivity index (χ4n) is 3.11. The molecule has 0 bridgehead atoms. The maximum atomic E-state index is 13.7. The first-order valence-corrected chi connectivity index (χ1v) is 7.30. The van der Waals surface area contributed by atoms with Crippen molar-refractivity contribution >= 4 is 0 Å². The first-order chi connectivity index (χ1) is 9.09. The molecule has 2 N–H and O–H groups in total. The lowest BCUT2D eigenvalue weighted by Crippen LogP contribution is -2.36. The van der Waals surface area contributed by atoms with Gasteiger partial charge in [0, 0.05) is 24.2 Å². The highest BCUT2D eigenvalue weighted by molar-refractivity contribution is 5.21. The highest BCUT2D eigenvalue weighted by Crippen LogP contribution is 2.26. The van der Waals surface area contributed by atoms with Crippen molar-refractivity contribution in [1.29, 1.82) is 0 Å². The zero-order chi connectivity index (χ0) is 13.8. The summed E-state index contributed by atoms with van der Waals surface area (Å²) in [7, 11) is 2.17. The molecule has 0 spiro atoms. The average molecular weight is 264 g/mol. The van der Waals surface area contributed by atoms with Crippen molar-refractivity contribution in [2.75, 3.05) is 13.6 Å². The number of rotatable bonds is 5. The van der Waals surface area contributed by atoms with Crippen molar-refractivity contribution in [1.82, 2.24) is 4.90 Å². The van der Waals surface area contributed by atoms with E-state index < -0.39 is 0 Å². The summed E-state index contributed by atoms with van der Waals surface area (Å²) >= 11 is 0. The van der Waals surface area contributed by atoms with Crippen molar-refractivity contribution in [2.45, 2.75) is 44.7 Å². The molecule has 106 valence electrons. The maximum Gasteiger partial charge on any atom is 0.127 e. The number of benzene rings is 1. The second-order valence-corrected chi connectivity index (χ2v) is 5.90. The Morgan fingerprint density at radius 3 is 2.58 bits per heavy atom. The van der Waals surface area contributed by atoms with Gasteiger partial charge in [-0.05, 0) is 31.9 Å². The van der Waals surface area contributed by atoms with E-state index in [9.17, 15) is 4.39 Å². The van der Waals surface area contributed by atoms with Crippen LogP contribution in [0.3, 0.4) is 0 Å². The van der Waals surface area contributed by atoms with Crippen LogP contribution < -0.4 is 5.73 Å². The van der Waals surface area contributed by atoms with Gasteiger partial charge in [-0.2, -0.15) is 0 Å². The molecule has 0 aromatic heterocycles. The number of hydrogen-bond acceptors (Lipinski definition) is 2. The third kappa shape index (κ3) is 3.54. The average Bonchev–Trinajstić information content (AvgIpc) is 2.92. The number of hydrogen-bond donors (Lipinski definition) is 1. The van der Waals surface area contributed by atoms with Gasteiger partial charge in [-0.15, -0.1) is 0 Å². The van der Waals surface area contributed by atoms with E-state index in [-0.39, 0.29) is 17.8 Å². The van der Waals surface area contributed by atoms with E-state index >= 15 is 0 Å². The lowest BCUT2D eigenvalue weighted by Gasteiger charge is -2.30. The van der Waals surface area contributed by atoms with Gasteiger partial charge in [0.2, 0.25) is 0 Å². The summed E-state index contributed by atoms with van der Waals surface area (Å²) in [5.41, 5.74) is 6.85. The molecule has 1 aromatic rings. The monoisotopic (exact) mass is 264 g/mol. The molecule has 1 fully saturated rings. The molecule has 0 heterocycles. The Morgan fingerprint density at radius 1 is 1.32 bits per heavy atom. The van der Waals surface area contributed by atoms with Crippen LogP contribution in [0.1, 0.15) is 44.2 Å². The molecular formula is C16H25FN2. The van der Waals surface area contributed by atoms with Crippen molar-refractivity contribution in [3.05, 3.63) is 35.6 Å². The Labute approximate surface area is 115 Å². The van der Waals surface area contributed by atoms with E-state index in [0.717, 1.165) is 6.54 Å². The van der Waals surface area contributed by atoms with Crippen LogP contribution in [0.2, 0.25) is 0 Å². The molecule has 2 rings (SSSR count). The molecule has 3 heteroatoms. The second kappa shape index (κ2) is 6.49. The third-order valence-corrected chi connectivity index (χ3v) is 4.40. The fraction of sp³-hybridized carbons (Fsp3) is 0.625. The Morgan fingerprint density at radius 2 is 1.95 bits per heavy atom. The normalized spacial score (nSPS) is 19.8. The van der Waals surface area contributed by atoms with E-state index in [1.807, 2.05) is 6.07 Å². The van der Waals surface area contributed by atoms with Gasteiger partial charge < -0.3 is 10.6 Å². The number of nitrogens with zero attached hydrogens (tertiary/aromatic N) is 1. The highest BCUT2D eigenvalue weighted by atomic mass is 19.1. The largest absolute Gasteiger partial charge is 0.324 e. The van der Waals surface area contributed by atoms with Crippen molar-refractivity contribution in [2.24, 2.45) is 11.7 Å². The van der Waals surface area contributed by atoms with Gasteiger partial charge in [-0.25, -0.2) is 4.39 Å². The van der Waals surface area contributed by atoms with Gasteiger partial charge >= 0.3 is 0 Å². The zero-order valence-corrected chi connectivity index (χ0v) is 12.0. The van der Waals surface area contributed by atoms with Gasteiger partial charge in [-0.1, -0.05) is 38.0 Å². The van der Waals surface area contributed by atoms with Crippen LogP contribution in [-0.4, -0.2) is 24.5 Å². The molecule has 1 saturated carbocycles. The molecule has 2 atom stereocenters. The van der Waals surface area contributed by atoms with Crippen LogP contribution in [0.15, 0.2) is 24.3 Å². The molecule has 0 amide bonds. The summed E-state index contributed by atoms with van der Waals surface area (Å²) < 4.78 is 13.7. The topological polar surface area (TPSA) is 29.3 Å². The molecule has 0 radical (unpaired) electrons. The zero-order valence-electron chi connectivity index (χ0n) is 12.0. The molecule has 0 saturated heterocycles. The van der Waals surface area contributed by atoms with Gasteiger partial charge in [0.05, 0.1) is 0 Å². The first kappa shape index (κ1) is 14.5. The lowest BCUT2D eigenvalue weighted by molar-refractivity contribution is 0.201. The van der Waals surface area contributed by atoms with Crippen LogP contribution >= 0.6 is 0 Å². The Bertz CT molecular complexity index is 401. The summed E-state index contributed by atoms with van der Waals surface area (Å²) in [6.07, 6.45) is 5.25. The molecule has 1 aliphatic rings. The van der Waals surface area contributed by atoms with Crippen LogP contribution in [0, 0.1) is 11.7 Å². The van der Waals surface area contributed by atoms with Crippen molar-refractivity contribution < 1.29 is 4.39 Å². The highest BCUT2D eigenvalue weighted by Gasteiger charge is 2.24. The lowest BCUT2D eigenvalue weighted by atomic mass is 9.94. The fourth-order valence-corrected chi connectivity index (χ4v) is 3.11. The Hall–Kier alpha value is -0.930. The van der Waals surface area contributed by atoms with Crippen LogP contribution in [0.4, 0.5) is 4.39 Å². The Balaban J connectivity index is 1.95. The van der Waals surface area contributed by atoms with Crippen LogP contribution in [-0.2, 0) is 0 Å². The van der Waals surface area contributed by atoms with Crippen molar-refractivity contribution in [3.8, 4) is 0 Å². The molecule has 1 aliphatic carbocycles. The van der Waals surface area contributed by atoms with Gasteiger partial charge in [0.15, 0.2) is 0 Å². The summed E-state index contributed by atoms with van der Waals surface area (Å²) in [5.74, 6) is 0.0628. The minimum atomic E-state index is -0.231. The first-order valence-electron chi connectivity index (χ1n) is 7.30. The molecule has 19 heavy (non-hydrogen) atoms. The minimum absolute atomic E-state index is 0.189. The third-order valence-electron chi connectivity index (χ3n) is 4.40. The van der Waals surface area contributed by atoms with E-state index in [4.69, 9.17) is 5.73 Å². The molecule has 2 nitrogen and oxygen atoms in total. The van der Waals surface area contributed by atoms with E-state index in [1.54, 1.807) is 12.1 Å². The van der Waals surface area contributed by atoms with Crippen molar-refractivity contribution in [3.63, 3.8) is 0 Å². The minimum Gasteiger partial charge on any atom is -0.324 e. The van der Waals surface area contributed by atoms with Crippen LogP contribution in [0.5, 0.6) is 0 Å². The summed E-state index contributed by atoms with van der Waals surface area (Å²) in [6, 6.07) is 7.31. The van der Waals surface area contributed by atoms with Gasteiger partial charge in [0.25, 0.3) is 0 Å². The second-order valence-electron chi connectivity index (χ2n) is 5.90. The van der Waals surface area contributed by atoms with E-state index in [0.29, 0.717) is 11.6 Å². The molecule has 2 unspecified atom stereocenters. The standard InChI is InChI=1S/C16H25FN2/c1-12(11-19(2)13-7-3-4-8-13)16(18)14-9-5-6-10-15(14)17/h5-6,9-10,12-13,16H,3-4,7-8,11,18H2,1-2H3. The predicted molar refractivity (Wildman–Crippen MR) is 77.4 cm³/mol. The summed E-state index contributed by atoms with van der Waals surface area (Å²) in [5, 5.41) is 0. The summed E-state index contributed by atoms with van der Waals surface area (Å²) in [4.78, 5) is 2.40. The quantitative estimate of drug-likeness (QED) is 0.884. The van der Waals surface area contributed by atoms with E-state index in [2.05, 4.69) is 18.9 Å². The smallest absolute Gasteiger partial charge is 0.127 e. The van der Waals surface area contributed by atoms with Gasteiger partial charge in [-0.3, -0.25) is 0 Å². The number of nitrogens with two attached hydrogens (primary N) is 1. The summed E-state index contributed by atoms with van der Waals surface area (Å²) in [6.45, 7) is 3.04. The SMILES string of the molecule is CC(CN(C)C1CCCC1)C(N)c1ccccc1F. The molecular weight excluding hydrogens is 239 g/mol. The van der Waals surface area contributed by atoms with Crippen LogP contribution in [0.25, 0.3) is 0 Å². The predicted octanol–water partition coefficient (Wildman–Crippen LogP) is 3.34. The molecule has 0 aliphatic heterocycles. The van der Waals surface area contributed by atoms with Gasteiger partial charge in [0.1, 0.15) is 5.82 Å². The molecule has 1 aromatic carbocycles. The Kier molecular flexibility index (Phi) is 4.94. The van der Waals surface area contributed by atoms with E-state index in [1.165, 1.54) is 31.7 Å². The maximum absolute atomic E-state index is 13.7.